The van der Waals surface area contributed by atoms with E-state index in [0.717, 1.165) is 74.5 Å². The minimum Gasteiger partial charge on any atom is -0.353 e. The topological polar surface area (TPSA) is 104 Å². The Morgan fingerprint density at radius 2 is 1.73 bits per heavy atom. The molecule has 7 nitrogen and oxygen atoms in total. The minimum atomic E-state index is -3.16. The fraction of sp³-hybridized carbons (Fsp3) is 0.278. The summed E-state index contributed by atoms with van der Waals surface area (Å²) in [7, 11) is -3.16. The fourth-order valence-electron chi connectivity index (χ4n) is 6.56. The van der Waals surface area contributed by atoms with Crippen molar-refractivity contribution in [1.29, 1.82) is 0 Å². The summed E-state index contributed by atoms with van der Waals surface area (Å²) in [5, 5.41) is 13.4. The van der Waals surface area contributed by atoms with E-state index >= 15 is 0 Å². The monoisotopic (exact) mass is 621 g/mol. The van der Waals surface area contributed by atoms with Crippen LogP contribution in [0.15, 0.2) is 79.1 Å². The van der Waals surface area contributed by atoms with Crippen molar-refractivity contribution in [3.05, 3.63) is 96.1 Å². The summed E-state index contributed by atoms with van der Waals surface area (Å²) in [6.45, 7) is 1.86. The maximum absolute atomic E-state index is 14.7. The van der Waals surface area contributed by atoms with E-state index < -0.39 is 15.7 Å². The van der Waals surface area contributed by atoms with Crippen LogP contribution in [0.2, 0.25) is 0 Å². The molecule has 1 aliphatic rings. The number of aromatic amines is 2. The molecule has 3 heterocycles. The Morgan fingerprint density at radius 1 is 0.889 bits per heavy atom. The first-order valence-electron chi connectivity index (χ1n) is 15.5. The smallest absolute Gasteiger partial charge is 0.147 e. The number of fused-ring (bicyclic) bond motifs is 2. The average Bonchev–Trinajstić information content (AvgIpc) is 3.79. The number of nitrogens with zero attached hydrogens (tertiary/aromatic N) is 2. The van der Waals surface area contributed by atoms with Crippen molar-refractivity contribution >= 4 is 31.6 Å². The van der Waals surface area contributed by atoms with Gasteiger partial charge in [-0.1, -0.05) is 37.1 Å². The summed E-state index contributed by atoms with van der Waals surface area (Å²) in [6.07, 6.45) is 10.6. The largest absolute Gasteiger partial charge is 0.353 e. The van der Waals surface area contributed by atoms with E-state index in [4.69, 9.17) is 0 Å². The second kappa shape index (κ2) is 12.2. The lowest BCUT2D eigenvalue weighted by molar-refractivity contribution is 0.489. The van der Waals surface area contributed by atoms with Crippen molar-refractivity contribution in [2.24, 2.45) is 5.92 Å². The molecule has 9 heteroatoms. The predicted molar refractivity (Wildman–Crippen MR) is 179 cm³/mol. The first-order chi connectivity index (χ1) is 21.8. The molecule has 1 aliphatic carbocycles. The van der Waals surface area contributed by atoms with Crippen LogP contribution >= 0.6 is 0 Å². The first kappa shape index (κ1) is 29.4. The zero-order valence-electron chi connectivity index (χ0n) is 25.2. The Balaban J connectivity index is 1.19. The molecule has 3 aromatic carbocycles. The summed E-state index contributed by atoms with van der Waals surface area (Å²) in [6, 6.07) is 21.2. The molecule has 0 saturated heterocycles. The minimum absolute atomic E-state index is 0.0275. The van der Waals surface area contributed by atoms with Gasteiger partial charge in [0.15, 0.2) is 0 Å². The van der Waals surface area contributed by atoms with Gasteiger partial charge in [0, 0.05) is 47.0 Å². The van der Waals surface area contributed by atoms with E-state index in [1.165, 1.54) is 44.1 Å². The third kappa shape index (κ3) is 6.55. The number of sulfone groups is 1. The third-order valence-corrected chi connectivity index (χ3v) is 9.82. The summed E-state index contributed by atoms with van der Waals surface area (Å²) < 4.78 is 38.1. The molecule has 6 aromatic rings. The van der Waals surface area contributed by atoms with Gasteiger partial charge in [-0.3, -0.25) is 10.1 Å². The number of aryl methyl sites for hydroxylation is 1. The van der Waals surface area contributed by atoms with Crippen LogP contribution in [0.3, 0.4) is 0 Å². The third-order valence-electron chi connectivity index (χ3n) is 8.88. The van der Waals surface area contributed by atoms with Gasteiger partial charge < -0.3 is 10.3 Å². The number of hydrogen-bond donors (Lipinski definition) is 3. The van der Waals surface area contributed by atoms with Gasteiger partial charge in [-0.15, -0.1) is 0 Å². The molecule has 1 fully saturated rings. The second-order valence-corrected chi connectivity index (χ2v) is 14.6. The molecule has 0 bridgehead atoms. The van der Waals surface area contributed by atoms with Crippen LogP contribution in [0.4, 0.5) is 4.39 Å². The number of aromatic nitrogens is 4. The van der Waals surface area contributed by atoms with E-state index in [1.807, 2.05) is 48.8 Å². The highest BCUT2D eigenvalue weighted by molar-refractivity contribution is 7.90. The van der Waals surface area contributed by atoms with Crippen molar-refractivity contribution in [2.75, 3.05) is 18.6 Å². The molecule has 230 valence electrons. The van der Waals surface area contributed by atoms with Crippen LogP contribution < -0.4 is 5.32 Å². The van der Waals surface area contributed by atoms with Gasteiger partial charge in [0.05, 0.1) is 17.0 Å². The molecule has 0 radical (unpaired) electrons. The van der Waals surface area contributed by atoms with Crippen LogP contribution in [-0.4, -0.2) is 47.1 Å². The van der Waals surface area contributed by atoms with Gasteiger partial charge in [0.1, 0.15) is 21.3 Å². The molecule has 3 N–H and O–H groups in total. The van der Waals surface area contributed by atoms with Gasteiger partial charge >= 0.3 is 0 Å². The van der Waals surface area contributed by atoms with Gasteiger partial charge in [-0.25, -0.2) is 12.8 Å². The maximum Gasteiger partial charge on any atom is 0.147 e. The zero-order chi connectivity index (χ0) is 31.0. The van der Waals surface area contributed by atoms with Crippen LogP contribution in [0.1, 0.15) is 36.8 Å². The van der Waals surface area contributed by atoms with E-state index in [9.17, 15) is 12.8 Å². The number of rotatable bonds is 10. The number of nitrogens with one attached hydrogen (secondary N) is 3. The first-order valence-corrected chi connectivity index (χ1v) is 17.6. The molecule has 0 atom stereocenters. The van der Waals surface area contributed by atoms with Crippen molar-refractivity contribution < 1.29 is 12.8 Å². The second-order valence-electron chi connectivity index (χ2n) is 12.4. The predicted octanol–water partition coefficient (Wildman–Crippen LogP) is 7.45. The standard InChI is InChI=1S/C36H36FN5O2S/c1-45(43,44)12-11-24-13-27(16-29(37)15-24)30-7-4-8-33-31(30)18-35(40-33)36-32-17-26(9-10-34(32)41-42-36)28-14-25(21-39-22-28)20-38-19-23-5-2-3-6-23/h4,7-10,13-18,21-23,38,40H,2-3,5-6,11-12,19-20H2,1H3,(H,41,42). The summed E-state index contributed by atoms with van der Waals surface area (Å²) >= 11 is 0. The highest BCUT2D eigenvalue weighted by Gasteiger charge is 2.17. The lowest BCUT2D eigenvalue weighted by atomic mass is 9.98. The highest BCUT2D eigenvalue weighted by Crippen LogP contribution is 2.36. The lowest BCUT2D eigenvalue weighted by Gasteiger charge is -2.11. The normalized spacial score (nSPS) is 14.2. The number of benzene rings is 3. The van der Waals surface area contributed by atoms with Gasteiger partial charge in [0.2, 0.25) is 0 Å². The molecule has 45 heavy (non-hydrogen) atoms. The van der Waals surface area contributed by atoms with E-state index in [-0.39, 0.29) is 12.2 Å². The van der Waals surface area contributed by atoms with Gasteiger partial charge in [-0.2, -0.15) is 5.10 Å². The average molecular weight is 622 g/mol. The number of H-pyrrole nitrogens is 2. The Hall–Kier alpha value is -4.34. The Bertz CT molecular complexity index is 2110. The Labute approximate surface area is 262 Å². The fourth-order valence-corrected chi connectivity index (χ4v) is 7.17. The van der Waals surface area contributed by atoms with Crippen molar-refractivity contribution in [3.63, 3.8) is 0 Å². The molecule has 1 saturated carbocycles. The van der Waals surface area contributed by atoms with Gasteiger partial charge in [0.25, 0.3) is 0 Å². The summed E-state index contributed by atoms with van der Waals surface area (Å²) in [4.78, 5) is 8.05. The molecule has 0 amide bonds. The molecule has 0 spiro atoms. The lowest BCUT2D eigenvalue weighted by Crippen LogP contribution is -2.20. The van der Waals surface area contributed by atoms with Crippen molar-refractivity contribution in [3.8, 4) is 33.6 Å². The van der Waals surface area contributed by atoms with Gasteiger partial charge in [-0.05, 0) is 102 Å². The highest BCUT2D eigenvalue weighted by atomic mass is 32.2. The summed E-state index contributed by atoms with van der Waals surface area (Å²) in [5.74, 6) is 0.375. The van der Waals surface area contributed by atoms with Crippen LogP contribution in [0.5, 0.6) is 0 Å². The molecule has 0 unspecified atom stereocenters. The zero-order valence-corrected chi connectivity index (χ0v) is 26.1. The van der Waals surface area contributed by atoms with Crippen LogP contribution in [-0.2, 0) is 22.8 Å². The SMILES string of the molecule is CS(=O)(=O)CCc1cc(F)cc(-c2cccc3[nH]c(-c4n[nH]c5ccc(-c6cncc(CNCC7CCCC7)c6)cc45)cc23)c1. The molecule has 0 aliphatic heterocycles. The quantitative estimate of drug-likeness (QED) is 0.147. The molecule has 7 rings (SSSR count). The van der Waals surface area contributed by atoms with Crippen molar-refractivity contribution in [1.82, 2.24) is 25.5 Å². The van der Waals surface area contributed by atoms with E-state index in [1.54, 1.807) is 0 Å². The van der Waals surface area contributed by atoms with Crippen LogP contribution in [0.25, 0.3) is 55.4 Å². The van der Waals surface area contributed by atoms with Crippen molar-refractivity contribution in [2.45, 2.75) is 38.6 Å². The number of hydrogen-bond acceptors (Lipinski definition) is 5. The maximum atomic E-state index is 14.7. The molecule has 3 aromatic heterocycles. The number of pyridine rings is 1. The van der Waals surface area contributed by atoms with Crippen LogP contribution in [0, 0.1) is 11.7 Å². The Morgan fingerprint density at radius 3 is 2.58 bits per heavy atom. The number of halogens is 1. The Kier molecular flexibility index (Phi) is 7.97. The van der Waals surface area contributed by atoms with E-state index in [0.29, 0.717) is 11.1 Å². The molecular weight excluding hydrogens is 585 g/mol. The summed E-state index contributed by atoms with van der Waals surface area (Å²) in [5.41, 5.74) is 8.97. The van der Waals surface area contributed by atoms with E-state index in [2.05, 4.69) is 43.7 Å². The molecular formula is C36H36FN5O2S.